The highest BCUT2D eigenvalue weighted by Crippen LogP contribution is 2.40. The SMILES string of the molecule is COc1cc(CNCCSC)cc2c1OCCO2. The second-order valence-electron chi connectivity index (χ2n) is 3.99. The predicted octanol–water partition coefficient (Wildman–Crippen LogP) is 1.92. The second-order valence-corrected chi connectivity index (χ2v) is 4.98. The van der Waals surface area contributed by atoms with E-state index in [1.165, 1.54) is 0 Å². The van der Waals surface area contributed by atoms with Crippen molar-refractivity contribution in [1.29, 1.82) is 0 Å². The van der Waals surface area contributed by atoms with Gasteiger partial charge in [0.1, 0.15) is 13.2 Å². The number of rotatable bonds is 6. The zero-order valence-electron chi connectivity index (χ0n) is 10.8. The van der Waals surface area contributed by atoms with Crippen LogP contribution < -0.4 is 19.5 Å². The van der Waals surface area contributed by atoms with E-state index in [-0.39, 0.29) is 0 Å². The first kappa shape index (κ1) is 13.4. The molecule has 1 aliphatic rings. The maximum Gasteiger partial charge on any atom is 0.203 e. The molecule has 18 heavy (non-hydrogen) atoms. The molecule has 1 aromatic rings. The van der Waals surface area contributed by atoms with Gasteiger partial charge in [0, 0.05) is 18.8 Å². The molecule has 0 amide bonds. The molecule has 1 N–H and O–H groups in total. The van der Waals surface area contributed by atoms with Crippen LogP contribution in [0.25, 0.3) is 0 Å². The third-order valence-electron chi connectivity index (χ3n) is 2.70. The van der Waals surface area contributed by atoms with Crippen LogP contribution in [0.2, 0.25) is 0 Å². The molecular formula is C13H19NO3S. The maximum absolute atomic E-state index is 5.60. The summed E-state index contributed by atoms with van der Waals surface area (Å²) in [5.41, 5.74) is 1.15. The Kier molecular flexibility index (Phi) is 5.01. The number of methoxy groups -OCH3 is 1. The average Bonchev–Trinajstić information content (AvgIpc) is 2.42. The van der Waals surface area contributed by atoms with Gasteiger partial charge in [0.05, 0.1) is 7.11 Å². The predicted molar refractivity (Wildman–Crippen MR) is 74.1 cm³/mol. The minimum absolute atomic E-state index is 0.578. The van der Waals surface area contributed by atoms with Crippen LogP contribution in [0.4, 0.5) is 0 Å². The van der Waals surface area contributed by atoms with Gasteiger partial charge < -0.3 is 19.5 Å². The molecule has 1 aliphatic heterocycles. The van der Waals surface area contributed by atoms with Crippen LogP contribution in [0.5, 0.6) is 17.2 Å². The summed E-state index contributed by atoms with van der Waals surface area (Å²) in [6, 6.07) is 4.02. The Balaban J connectivity index is 2.06. The third kappa shape index (κ3) is 3.23. The van der Waals surface area contributed by atoms with Crippen molar-refractivity contribution in [3.05, 3.63) is 17.7 Å². The van der Waals surface area contributed by atoms with Crippen molar-refractivity contribution in [3.8, 4) is 17.2 Å². The lowest BCUT2D eigenvalue weighted by atomic mass is 10.1. The van der Waals surface area contributed by atoms with Crippen LogP contribution in [0.3, 0.4) is 0 Å². The van der Waals surface area contributed by atoms with Gasteiger partial charge in [-0.25, -0.2) is 0 Å². The fourth-order valence-electron chi connectivity index (χ4n) is 1.84. The van der Waals surface area contributed by atoms with E-state index in [0.717, 1.165) is 41.7 Å². The largest absolute Gasteiger partial charge is 0.493 e. The topological polar surface area (TPSA) is 39.7 Å². The lowest BCUT2D eigenvalue weighted by molar-refractivity contribution is 0.165. The maximum atomic E-state index is 5.60. The molecule has 0 aromatic heterocycles. The molecule has 100 valence electrons. The molecule has 0 aliphatic carbocycles. The number of ether oxygens (including phenoxy) is 3. The van der Waals surface area contributed by atoms with E-state index in [1.54, 1.807) is 7.11 Å². The molecule has 5 heteroatoms. The van der Waals surface area contributed by atoms with Gasteiger partial charge in [0.25, 0.3) is 0 Å². The molecule has 0 radical (unpaired) electrons. The van der Waals surface area contributed by atoms with Gasteiger partial charge in [-0.05, 0) is 24.0 Å². The summed E-state index contributed by atoms with van der Waals surface area (Å²) in [6.45, 7) is 2.99. The first-order valence-electron chi connectivity index (χ1n) is 6.01. The van der Waals surface area contributed by atoms with Crippen LogP contribution in [-0.2, 0) is 6.54 Å². The molecular weight excluding hydrogens is 250 g/mol. The van der Waals surface area contributed by atoms with Crippen molar-refractivity contribution < 1.29 is 14.2 Å². The number of benzene rings is 1. The molecule has 0 spiro atoms. The molecule has 2 rings (SSSR count). The van der Waals surface area contributed by atoms with Crippen molar-refractivity contribution >= 4 is 11.8 Å². The number of thioether (sulfide) groups is 1. The van der Waals surface area contributed by atoms with E-state index in [2.05, 4.69) is 11.6 Å². The Morgan fingerprint density at radius 3 is 2.94 bits per heavy atom. The summed E-state index contributed by atoms with van der Waals surface area (Å²) in [7, 11) is 1.65. The molecule has 1 heterocycles. The fraction of sp³-hybridized carbons (Fsp3) is 0.538. The standard InChI is InChI=1S/C13H19NO3S/c1-15-11-7-10(9-14-3-6-18-2)8-12-13(11)17-5-4-16-12/h7-8,14H,3-6,9H2,1-2H3. The fourth-order valence-corrected chi connectivity index (χ4v) is 2.18. The summed E-state index contributed by atoms with van der Waals surface area (Å²) in [4.78, 5) is 0. The van der Waals surface area contributed by atoms with Gasteiger partial charge >= 0.3 is 0 Å². The molecule has 0 fully saturated rings. The first-order chi connectivity index (χ1) is 8.85. The summed E-state index contributed by atoms with van der Waals surface area (Å²) in [5, 5.41) is 3.39. The molecule has 4 nitrogen and oxygen atoms in total. The summed E-state index contributed by atoms with van der Waals surface area (Å²) in [5.74, 6) is 3.36. The normalized spacial score (nSPS) is 13.4. The Morgan fingerprint density at radius 1 is 1.33 bits per heavy atom. The van der Waals surface area contributed by atoms with Crippen LogP contribution >= 0.6 is 11.8 Å². The smallest absolute Gasteiger partial charge is 0.203 e. The Morgan fingerprint density at radius 2 is 2.17 bits per heavy atom. The van der Waals surface area contributed by atoms with Crippen LogP contribution in [-0.4, -0.2) is 38.9 Å². The van der Waals surface area contributed by atoms with E-state index < -0.39 is 0 Å². The van der Waals surface area contributed by atoms with E-state index in [0.29, 0.717) is 13.2 Å². The highest BCUT2D eigenvalue weighted by Gasteiger charge is 2.18. The Hall–Kier alpha value is -1.07. The minimum atomic E-state index is 0.578. The van der Waals surface area contributed by atoms with Crippen molar-refractivity contribution in [1.82, 2.24) is 5.32 Å². The summed E-state index contributed by atoms with van der Waals surface area (Å²) < 4.78 is 16.5. The van der Waals surface area contributed by atoms with Gasteiger partial charge in [-0.15, -0.1) is 0 Å². The van der Waals surface area contributed by atoms with Gasteiger partial charge in [-0.2, -0.15) is 11.8 Å². The molecule has 1 aromatic carbocycles. The number of hydrogen-bond donors (Lipinski definition) is 1. The quantitative estimate of drug-likeness (QED) is 0.799. The van der Waals surface area contributed by atoms with E-state index in [9.17, 15) is 0 Å². The lowest BCUT2D eigenvalue weighted by Crippen LogP contribution is -2.18. The summed E-state index contributed by atoms with van der Waals surface area (Å²) in [6.07, 6.45) is 2.11. The van der Waals surface area contributed by atoms with Crippen LogP contribution in [0.1, 0.15) is 5.56 Å². The number of hydrogen-bond acceptors (Lipinski definition) is 5. The van der Waals surface area contributed by atoms with Crippen molar-refractivity contribution in [2.24, 2.45) is 0 Å². The zero-order chi connectivity index (χ0) is 12.8. The number of nitrogens with one attached hydrogen (secondary N) is 1. The van der Waals surface area contributed by atoms with E-state index in [1.807, 2.05) is 23.9 Å². The van der Waals surface area contributed by atoms with Crippen molar-refractivity contribution in [2.45, 2.75) is 6.54 Å². The highest BCUT2D eigenvalue weighted by molar-refractivity contribution is 7.98. The first-order valence-corrected chi connectivity index (χ1v) is 7.40. The monoisotopic (exact) mass is 269 g/mol. The lowest BCUT2D eigenvalue weighted by Gasteiger charge is -2.21. The Labute approximate surface area is 112 Å². The van der Waals surface area contributed by atoms with E-state index >= 15 is 0 Å². The van der Waals surface area contributed by atoms with E-state index in [4.69, 9.17) is 14.2 Å². The summed E-state index contributed by atoms with van der Waals surface area (Å²) >= 11 is 1.84. The molecule has 0 unspecified atom stereocenters. The van der Waals surface area contributed by atoms with Gasteiger partial charge in [-0.1, -0.05) is 0 Å². The zero-order valence-corrected chi connectivity index (χ0v) is 11.6. The molecule has 0 atom stereocenters. The Bertz CT molecular complexity index is 381. The second kappa shape index (κ2) is 6.75. The average molecular weight is 269 g/mol. The molecule has 0 bridgehead atoms. The minimum Gasteiger partial charge on any atom is -0.493 e. The van der Waals surface area contributed by atoms with Gasteiger partial charge in [-0.3, -0.25) is 0 Å². The highest BCUT2D eigenvalue weighted by atomic mass is 32.2. The van der Waals surface area contributed by atoms with Gasteiger partial charge in [0.15, 0.2) is 11.5 Å². The van der Waals surface area contributed by atoms with Crippen LogP contribution in [0.15, 0.2) is 12.1 Å². The van der Waals surface area contributed by atoms with Crippen LogP contribution in [0, 0.1) is 0 Å². The molecule has 0 saturated carbocycles. The number of fused-ring (bicyclic) bond motifs is 1. The van der Waals surface area contributed by atoms with Gasteiger partial charge in [0.2, 0.25) is 5.75 Å². The molecule has 0 saturated heterocycles. The van der Waals surface area contributed by atoms with Crippen molar-refractivity contribution in [3.63, 3.8) is 0 Å². The van der Waals surface area contributed by atoms with Crippen molar-refractivity contribution in [2.75, 3.05) is 38.9 Å². The third-order valence-corrected chi connectivity index (χ3v) is 3.31.